The Balaban J connectivity index is 2.11. The van der Waals surface area contributed by atoms with E-state index in [1.54, 1.807) is 7.05 Å². The van der Waals surface area contributed by atoms with Crippen LogP contribution in [0.15, 0.2) is 14.7 Å². The highest BCUT2D eigenvalue weighted by atomic mass is 32.2. The summed E-state index contributed by atoms with van der Waals surface area (Å²) in [5, 5.41) is 0.490. The van der Waals surface area contributed by atoms with Crippen molar-refractivity contribution in [3.8, 4) is 0 Å². The highest BCUT2D eigenvalue weighted by Gasteiger charge is 2.41. The first-order valence-corrected chi connectivity index (χ1v) is 7.58. The van der Waals surface area contributed by atoms with Crippen LogP contribution in [0.5, 0.6) is 0 Å². The molecule has 0 radical (unpaired) electrons. The van der Waals surface area contributed by atoms with E-state index in [0.717, 1.165) is 12.8 Å². The molecule has 2 aliphatic carbocycles. The second kappa shape index (κ2) is 4.26. The zero-order valence-electron chi connectivity index (χ0n) is 10.6. The van der Waals surface area contributed by atoms with Crippen LogP contribution in [0.3, 0.4) is 0 Å². The lowest BCUT2D eigenvalue weighted by atomic mass is 9.95. The molecule has 2 bridgehead atoms. The Morgan fingerprint density at radius 3 is 2.61 bits per heavy atom. The second-order valence-electron chi connectivity index (χ2n) is 5.33. The third-order valence-corrected chi connectivity index (χ3v) is 5.12. The van der Waals surface area contributed by atoms with Crippen LogP contribution in [0.4, 0.5) is 0 Å². The summed E-state index contributed by atoms with van der Waals surface area (Å²) in [4.78, 5) is 28.4. The molecule has 3 rings (SSSR count). The van der Waals surface area contributed by atoms with Gasteiger partial charge >= 0.3 is 11.4 Å². The lowest BCUT2D eigenvalue weighted by Gasteiger charge is -2.23. The Hall–Kier alpha value is -1.04. The average Bonchev–Trinajstić information content (AvgIpc) is 2.96. The lowest BCUT2D eigenvalue weighted by Crippen LogP contribution is -2.44. The summed E-state index contributed by atoms with van der Waals surface area (Å²) in [7, 11) is 1.68. The molecule has 0 aliphatic heterocycles. The van der Waals surface area contributed by atoms with Gasteiger partial charge in [0.2, 0.25) is 0 Å². The van der Waals surface area contributed by atoms with Gasteiger partial charge in [-0.25, -0.2) is 14.2 Å². The van der Waals surface area contributed by atoms with Gasteiger partial charge in [-0.15, -0.1) is 0 Å². The van der Waals surface area contributed by atoms with Crippen molar-refractivity contribution in [1.82, 2.24) is 14.1 Å². The number of hydrogen-bond acceptors (Lipinski definition) is 4. The molecule has 1 aromatic heterocycles. The zero-order chi connectivity index (χ0) is 12.9. The third-order valence-electron chi connectivity index (χ3n) is 4.39. The Labute approximate surface area is 109 Å². The molecule has 0 aromatic carbocycles. The number of aromatic nitrogens is 3. The van der Waals surface area contributed by atoms with Crippen LogP contribution in [0, 0.1) is 11.8 Å². The molecule has 2 fully saturated rings. The highest BCUT2D eigenvalue weighted by molar-refractivity contribution is 7.98. The van der Waals surface area contributed by atoms with Gasteiger partial charge in [-0.05, 0) is 37.4 Å². The molecule has 5 nitrogen and oxygen atoms in total. The van der Waals surface area contributed by atoms with Crippen LogP contribution < -0.4 is 11.4 Å². The minimum Gasteiger partial charge on any atom is -0.275 e. The molecule has 98 valence electrons. The predicted octanol–water partition coefficient (Wildman–Crippen LogP) is 1.02. The van der Waals surface area contributed by atoms with Crippen LogP contribution >= 0.6 is 11.8 Å². The van der Waals surface area contributed by atoms with E-state index in [4.69, 9.17) is 0 Å². The normalized spacial score (nSPS) is 30.0. The smallest absolute Gasteiger partial charge is 0.275 e. The molecule has 0 N–H and O–H groups in total. The molecular weight excluding hydrogens is 250 g/mol. The van der Waals surface area contributed by atoms with Crippen molar-refractivity contribution in [2.75, 3.05) is 6.26 Å². The minimum absolute atomic E-state index is 0.0818. The molecule has 1 heterocycles. The molecule has 2 saturated carbocycles. The number of hydrogen-bond donors (Lipinski definition) is 0. The van der Waals surface area contributed by atoms with E-state index in [2.05, 4.69) is 4.98 Å². The van der Waals surface area contributed by atoms with Crippen molar-refractivity contribution in [3.05, 3.63) is 21.0 Å². The van der Waals surface area contributed by atoms with Crippen molar-refractivity contribution in [3.63, 3.8) is 0 Å². The standard InChI is InChI=1S/C12H17N3O2S/c1-14-11(18-2)13-10(16)15(12(14)17)9-6-7-3-4-8(9)5-7/h7-9H,3-6H2,1-2H3. The average molecular weight is 267 g/mol. The lowest BCUT2D eigenvalue weighted by molar-refractivity contribution is 0.299. The summed E-state index contributed by atoms with van der Waals surface area (Å²) in [5.41, 5.74) is -0.586. The van der Waals surface area contributed by atoms with Crippen LogP contribution in [-0.4, -0.2) is 20.4 Å². The van der Waals surface area contributed by atoms with Crippen molar-refractivity contribution in [2.45, 2.75) is 36.9 Å². The number of fused-ring (bicyclic) bond motifs is 2. The molecule has 0 amide bonds. The molecule has 3 atom stereocenters. The summed E-state index contributed by atoms with van der Waals surface area (Å²) in [5.74, 6) is 1.21. The van der Waals surface area contributed by atoms with E-state index >= 15 is 0 Å². The Bertz CT molecular complexity index is 592. The third kappa shape index (κ3) is 1.66. The van der Waals surface area contributed by atoms with E-state index in [9.17, 15) is 9.59 Å². The Morgan fingerprint density at radius 2 is 2.06 bits per heavy atom. The minimum atomic E-state index is -0.375. The monoisotopic (exact) mass is 267 g/mol. The van der Waals surface area contributed by atoms with Crippen molar-refractivity contribution in [2.24, 2.45) is 18.9 Å². The van der Waals surface area contributed by atoms with E-state index in [1.165, 1.54) is 33.7 Å². The van der Waals surface area contributed by atoms with Crippen LogP contribution in [0.25, 0.3) is 0 Å². The fraction of sp³-hybridized carbons (Fsp3) is 0.750. The van der Waals surface area contributed by atoms with E-state index in [1.807, 2.05) is 6.26 Å². The van der Waals surface area contributed by atoms with Crippen LogP contribution in [0.2, 0.25) is 0 Å². The van der Waals surface area contributed by atoms with Gasteiger partial charge in [0.1, 0.15) is 0 Å². The molecule has 6 heteroatoms. The molecule has 2 aliphatic rings. The molecule has 0 saturated heterocycles. The fourth-order valence-electron chi connectivity index (χ4n) is 3.53. The van der Waals surface area contributed by atoms with E-state index < -0.39 is 0 Å². The summed E-state index contributed by atoms with van der Waals surface area (Å²) in [6, 6.07) is 0.0818. The molecular formula is C12H17N3O2S. The van der Waals surface area contributed by atoms with Gasteiger partial charge in [0.15, 0.2) is 5.16 Å². The summed E-state index contributed by atoms with van der Waals surface area (Å²) in [6.07, 6.45) is 6.37. The highest BCUT2D eigenvalue weighted by Crippen LogP contribution is 2.49. The van der Waals surface area contributed by atoms with Gasteiger partial charge in [-0.3, -0.25) is 4.57 Å². The van der Waals surface area contributed by atoms with Crippen molar-refractivity contribution >= 4 is 11.8 Å². The Kier molecular flexibility index (Phi) is 2.84. The SMILES string of the molecule is CSc1nc(=O)n(C2CC3CCC2C3)c(=O)n1C. The molecule has 1 aromatic rings. The topological polar surface area (TPSA) is 56.9 Å². The maximum atomic E-state index is 12.3. The first-order valence-electron chi connectivity index (χ1n) is 6.35. The second-order valence-corrected chi connectivity index (χ2v) is 6.11. The quantitative estimate of drug-likeness (QED) is 0.751. The van der Waals surface area contributed by atoms with Gasteiger partial charge in [0, 0.05) is 13.1 Å². The van der Waals surface area contributed by atoms with E-state index in [-0.39, 0.29) is 17.4 Å². The van der Waals surface area contributed by atoms with Gasteiger partial charge in [0.05, 0.1) is 0 Å². The molecule has 18 heavy (non-hydrogen) atoms. The summed E-state index contributed by atoms with van der Waals surface area (Å²) < 4.78 is 2.88. The van der Waals surface area contributed by atoms with Crippen molar-refractivity contribution in [1.29, 1.82) is 0 Å². The van der Waals surface area contributed by atoms with Gasteiger partial charge in [-0.1, -0.05) is 18.2 Å². The van der Waals surface area contributed by atoms with Gasteiger partial charge in [0.25, 0.3) is 0 Å². The van der Waals surface area contributed by atoms with Gasteiger partial charge < -0.3 is 0 Å². The number of rotatable bonds is 2. The first-order chi connectivity index (χ1) is 8.61. The number of nitrogens with zero attached hydrogens (tertiary/aromatic N) is 3. The maximum Gasteiger partial charge on any atom is 0.354 e. The summed E-state index contributed by atoms with van der Waals surface area (Å²) >= 11 is 1.33. The largest absolute Gasteiger partial charge is 0.354 e. The van der Waals surface area contributed by atoms with Crippen LogP contribution in [-0.2, 0) is 7.05 Å². The van der Waals surface area contributed by atoms with Crippen molar-refractivity contribution < 1.29 is 0 Å². The van der Waals surface area contributed by atoms with Gasteiger partial charge in [-0.2, -0.15) is 4.98 Å². The van der Waals surface area contributed by atoms with Crippen LogP contribution in [0.1, 0.15) is 31.7 Å². The van der Waals surface area contributed by atoms with E-state index in [0.29, 0.717) is 17.0 Å². The Morgan fingerprint density at radius 1 is 1.28 bits per heavy atom. The summed E-state index contributed by atoms with van der Waals surface area (Å²) in [6.45, 7) is 0. The maximum absolute atomic E-state index is 12.3. The fourth-order valence-corrected chi connectivity index (χ4v) is 4.05. The zero-order valence-corrected chi connectivity index (χ0v) is 11.4. The molecule has 0 spiro atoms. The predicted molar refractivity (Wildman–Crippen MR) is 70.0 cm³/mol. The first kappa shape index (κ1) is 12.0. The molecule has 3 unspecified atom stereocenters. The number of thioether (sulfide) groups is 1.